The molecule has 0 fully saturated rings. The second kappa shape index (κ2) is 4.57. The van der Waals surface area contributed by atoms with Crippen LogP contribution in [0.1, 0.15) is 31.0 Å². The zero-order chi connectivity index (χ0) is 12.4. The van der Waals surface area contributed by atoms with Crippen LogP contribution in [0.5, 0.6) is 0 Å². The van der Waals surface area contributed by atoms with E-state index in [4.69, 9.17) is 4.74 Å². The molecule has 2 heterocycles. The van der Waals surface area contributed by atoms with Crippen molar-refractivity contribution in [3.63, 3.8) is 0 Å². The number of rotatable bonds is 3. The largest absolute Gasteiger partial charge is 0.465 e. The van der Waals surface area contributed by atoms with Gasteiger partial charge in [0.15, 0.2) is 0 Å². The summed E-state index contributed by atoms with van der Waals surface area (Å²) in [5.74, 6) is -0.553. The predicted octanol–water partition coefficient (Wildman–Crippen LogP) is 2.31. The maximum Gasteiger partial charge on any atom is 0.314 e. The molecule has 2 rings (SSSR count). The van der Waals surface area contributed by atoms with Crippen LogP contribution in [0.3, 0.4) is 0 Å². The Morgan fingerprint density at radius 1 is 1.47 bits per heavy atom. The lowest BCUT2D eigenvalue weighted by molar-refractivity contribution is -0.144. The van der Waals surface area contributed by atoms with Crippen molar-refractivity contribution >= 4 is 11.6 Å². The van der Waals surface area contributed by atoms with E-state index in [1.54, 1.807) is 6.92 Å². The van der Waals surface area contributed by atoms with Gasteiger partial charge < -0.3 is 9.14 Å². The Balaban J connectivity index is 2.33. The van der Waals surface area contributed by atoms with Gasteiger partial charge >= 0.3 is 5.97 Å². The first-order valence-electron chi connectivity index (χ1n) is 5.73. The molecule has 0 saturated heterocycles. The van der Waals surface area contributed by atoms with Crippen LogP contribution in [-0.4, -0.2) is 22.0 Å². The molecule has 0 aliphatic rings. The van der Waals surface area contributed by atoms with Gasteiger partial charge in [0, 0.05) is 12.4 Å². The molecular formula is C13H16N2O2. The van der Waals surface area contributed by atoms with Crippen LogP contribution in [0.4, 0.5) is 0 Å². The topological polar surface area (TPSA) is 43.6 Å². The minimum atomic E-state index is -0.324. The summed E-state index contributed by atoms with van der Waals surface area (Å²) < 4.78 is 6.92. The maximum atomic E-state index is 11.6. The summed E-state index contributed by atoms with van der Waals surface area (Å²) >= 11 is 0. The van der Waals surface area contributed by atoms with Gasteiger partial charge in [0.25, 0.3) is 0 Å². The van der Waals surface area contributed by atoms with Crippen LogP contribution in [0, 0.1) is 6.92 Å². The monoisotopic (exact) mass is 232 g/mol. The lowest BCUT2D eigenvalue weighted by Gasteiger charge is -2.06. The van der Waals surface area contributed by atoms with E-state index in [0.717, 1.165) is 16.9 Å². The molecule has 0 aliphatic heterocycles. The first-order valence-corrected chi connectivity index (χ1v) is 5.73. The van der Waals surface area contributed by atoms with Crippen LogP contribution in [0.25, 0.3) is 5.65 Å². The lowest BCUT2D eigenvalue weighted by Crippen LogP contribution is -2.13. The van der Waals surface area contributed by atoms with E-state index in [1.807, 2.05) is 42.8 Å². The van der Waals surface area contributed by atoms with Crippen LogP contribution >= 0.6 is 0 Å². The number of imidazole rings is 1. The van der Waals surface area contributed by atoms with E-state index >= 15 is 0 Å². The lowest BCUT2D eigenvalue weighted by atomic mass is 10.1. The van der Waals surface area contributed by atoms with E-state index in [9.17, 15) is 4.79 Å². The molecule has 2 aromatic heterocycles. The molecule has 1 unspecified atom stereocenters. The average molecular weight is 232 g/mol. The highest BCUT2D eigenvalue weighted by Crippen LogP contribution is 2.17. The minimum absolute atomic E-state index is 0.229. The SMILES string of the molecule is CCOC(=O)C(C)c1cn2cc(C)ccc2n1. The van der Waals surface area contributed by atoms with Crippen LogP contribution in [-0.2, 0) is 9.53 Å². The molecule has 1 atom stereocenters. The number of aromatic nitrogens is 2. The number of fused-ring (bicyclic) bond motifs is 1. The number of hydrogen-bond donors (Lipinski definition) is 0. The van der Waals surface area contributed by atoms with E-state index in [1.165, 1.54) is 0 Å². The molecule has 4 heteroatoms. The van der Waals surface area contributed by atoms with Crippen molar-refractivity contribution in [2.45, 2.75) is 26.7 Å². The smallest absolute Gasteiger partial charge is 0.314 e. The van der Waals surface area contributed by atoms with Crippen molar-refractivity contribution in [1.82, 2.24) is 9.38 Å². The molecule has 0 radical (unpaired) electrons. The molecule has 0 aromatic carbocycles. The summed E-state index contributed by atoms with van der Waals surface area (Å²) in [6, 6.07) is 3.94. The second-order valence-electron chi connectivity index (χ2n) is 4.11. The third-order valence-corrected chi connectivity index (χ3v) is 2.70. The van der Waals surface area contributed by atoms with Crippen molar-refractivity contribution in [2.24, 2.45) is 0 Å². The molecule has 0 aliphatic carbocycles. The van der Waals surface area contributed by atoms with Gasteiger partial charge in [-0.1, -0.05) is 6.07 Å². The molecule has 17 heavy (non-hydrogen) atoms. The Bertz CT molecular complexity index is 545. The fourth-order valence-electron chi connectivity index (χ4n) is 1.72. The number of pyridine rings is 1. The van der Waals surface area contributed by atoms with Gasteiger partial charge in [0.1, 0.15) is 5.65 Å². The summed E-state index contributed by atoms with van der Waals surface area (Å²) in [5, 5.41) is 0. The van der Waals surface area contributed by atoms with Crippen LogP contribution in [0.2, 0.25) is 0 Å². The first-order chi connectivity index (χ1) is 8.11. The second-order valence-corrected chi connectivity index (χ2v) is 4.11. The number of aryl methyl sites for hydroxylation is 1. The molecule has 0 bridgehead atoms. The molecular weight excluding hydrogens is 216 g/mol. The summed E-state index contributed by atoms with van der Waals surface area (Å²) in [5.41, 5.74) is 2.75. The van der Waals surface area contributed by atoms with E-state index < -0.39 is 0 Å². The fraction of sp³-hybridized carbons (Fsp3) is 0.385. The molecule has 0 N–H and O–H groups in total. The Labute approximate surface area is 100 Å². The van der Waals surface area contributed by atoms with Crippen molar-refractivity contribution in [1.29, 1.82) is 0 Å². The van der Waals surface area contributed by atoms with Gasteiger partial charge in [0.05, 0.1) is 18.2 Å². The van der Waals surface area contributed by atoms with Gasteiger partial charge in [-0.3, -0.25) is 4.79 Å². The molecule has 0 spiro atoms. The van der Waals surface area contributed by atoms with Crippen molar-refractivity contribution in [2.75, 3.05) is 6.61 Å². The summed E-state index contributed by atoms with van der Waals surface area (Å²) in [7, 11) is 0. The Hall–Kier alpha value is -1.84. The zero-order valence-corrected chi connectivity index (χ0v) is 10.3. The average Bonchev–Trinajstić information content (AvgIpc) is 2.71. The molecule has 90 valence electrons. The zero-order valence-electron chi connectivity index (χ0n) is 10.3. The fourth-order valence-corrected chi connectivity index (χ4v) is 1.72. The summed E-state index contributed by atoms with van der Waals surface area (Å²) in [4.78, 5) is 16.0. The highest BCUT2D eigenvalue weighted by atomic mass is 16.5. The number of esters is 1. The normalized spacial score (nSPS) is 12.6. The predicted molar refractivity (Wildman–Crippen MR) is 65.0 cm³/mol. The molecule has 2 aromatic rings. The quantitative estimate of drug-likeness (QED) is 0.763. The standard InChI is InChI=1S/C13H16N2O2/c1-4-17-13(16)10(3)11-8-15-7-9(2)5-6-12(15)14-11/h5-8,10H,4H2,1-3H3. The van der Waals surface area contributed by atoms with Gasteiger partial charge in [-0.2, -0.15) is 0 Å². The van der Waals surface area contributed by atoms with E-state index in [2.05, 4.69) is 4.98 Å². The van der Waals surface area contributed by atoms with Gasteiger partial charge in [-0.05, 0) is 32.4 Å². The molecule has 0 saturated carbocycles. The highest BCUT2D eigenvalue weighted by molar-refractivity contribution is 5.77. The number of carbonyl (C=O) groups is 1. The number of nitrogens with zero attached hydrogens (tertiary/aromatic N) is 2. The van der Waals surface area contributed by atoms with Crippen molar-refractivity contribution in [3.05, 3.63) is 35.8 Å². The van der Waals surface area contributed by atoms with E-state index in [0.29, 0.717) is 6.61 Å². The van der Waals surface area contributed by atoms with Crippen LogP contribution in [0.15, 0.2) is 24.5 Å². The summed E-state index contributed by atoms with van der Waals surface area (Å²) in [6.07, 6.45) is 3.87. The third kappa shape index (κ3) is 2.30. The van der Waals surface area contributed by atoms with E-state index in [-0.39, 0.29) is 11.9 Å². The third-order valence-electron chi connectivity index (χ3n) is 2.70. The van der Waals surface area contributed by atoms with Crippen molar-refractivity contribution < 1.29 is 9.53 Å². The highest BCUT2D eigenvalue weighted by Gasteiger charge is 2.19. The molecule has 0 amide bonds. The Kier molecular flexibility index (Phi) is 3.13. The van der Waals surface area contributed by atoms with Gasteiger partial charge in [0.2, 0.25) is 0 Å². The molecule has 4 nitrogen and oxygen atoms in total. The Morgan fingerprint density at radius 2 is 2.24 bits per heavy atom. The summed E-state index contributed by atoms with van der Waals surface area (Å²) in [6.45, 7) is 6.04. The number of ether oxygens (including phenoxy) is 1. The van der Waals surface area contributed by atoms with Crippen LogP contribution < -0.4 is 0 Å². The minimum Gasteiger partial charge on any atom is -0.465 e. The van der Waals surface area contributed by atoms with Crippen molar-refractivity contribution in [3.8, 4) is 0 Å². The van der Waals surface area contributed by atoms with Gasteiger partial charge in [-0.25, -0.2) is 4.98 Å². The Morgan fingerprint density at radius 3 is 2.94 bits per heavy atom. The van der Waals surface area contributed by atoms with Gasteiger partial charge in [-0.15, -0.1) is 0 Å². The number of hydrogen-bond acceptors (Lipinski definition) is 3. The first kappa shape index (κ1) is 11.6. The maximum absolute atomic E-state index is 11.6. The number of carbonyl (C=O) groups excluding carboxylic acids is 1.